The maximum absolute atomic E-state index is 14.1. The first-order chi connectivity index (χ1) is 19.4. The molecule has 0 saturated heterocycles. The van der Waals surface area contributed by atoms with E-state index in [1.54, 1.807) is 23.1 Å². The van der Waals surface area contributed by atoms with E-state index in [4.69, 9.17) is 23.2 Å². The van der Waals surface area contributed by atoms with Crippen molar-refractivity contribution in [2.24, 2.45) is 0 Å². The average molecular weight is 592 g/mol. The topological polar surface area (TPSA) is 86.7 Å². The minimum absolute atomic E-state index is 0.0708. The number of rotatable bonds is 5. The third-order valence-electron chi connectivity index (χ3n) is 7.80. The van der Waals surface area contributed by atoms with Crippen molar-refractivity contribution in [1.82, 2.24) is 0 Å². The molecule has 0 saturated carbocycles. The number of halogens is 2. The molecule has 212 valence electrons. The lowest BCUT2D eigenvalue weighted by Gasteiger charge is -2.35. The number of carbonyl (C=O) groups excluding carboxylic acids is 2. The van der Waals surface area contributed by atoms with Crippen LogP contribution in [0.15, 0.2) is 78.0 Å². The van der Waals surface area contributed by atoms with Crippen molar-refractivity contribution >= 4 is 52.2 Å². The Morgan fingerprint density at radius 2 is 1.54 bits per heavy atom. The van der Waals surface area contributed by atoms with Crippen LogP contribution in [0.4, 0.5) is 11.4 Å². The van der Waals surface area contributed by atoms with Crippen LogP contribution in [0.2, 0.25) is 10.0 Å². The molecule has 3 aromatic carbocycles. The molecule has 2 aliphatic rings. The molecule has 0 bridgehead atoms. The Morgan fingerprint density at radius 1 is 0.902 bits per heavy atom. The molecule has 3 aromatic rings. The van der Waals surface area contributed by atoms with Gasteiger partial charge >= 0.3 is 5.97 Å². The number of carbonyl (C=O) groups is 3. The molecule has 0 fully saturated rings. The predicted octanol–water partition coefficient (Wildman–Crippen LogP) is 8.06. The summed E-state index contributed by atoms with van der Waals surface area (Å²) in [6, 6.07) is 20.0. The van der Waals surface area contributed by atoms with E-state index < -0.39 is 12.0 Å². The molecule has 0 spiro atoms. The molecule has 0 unspecified atom stereocenters. The van der Waals surface area contributed by atoms with Crippen molar-refractivity contribution in [2.45, 2.75) is 63.8 Å². The lowest BCUT2D eigenvalue weighted by atomic mass is 9.77. The summed E-state index contributed by atoms with van der Waals surface area (Å²) in [4.78, 5) is 41.0. The Labute approximate surface area is 250 Å². The van der Waals surface area contributed by atoms with Gasteiger partial charge in [-0.25, -0.2) is 0 Å². The number of fused-ring (bicyclic) bond motifs is 1. The zero-order chi connectivity index (χ0) is 29.5. The monoisotopic (exact) mass is 590 g/mol. The van der Waals surface area contributed by atoms with Gasteiger partial charge in [-0.1, -0.05) is 80.4 Å². The van der Waals surface area contributed by atoms with Crippen LogP contribution in [-0.2, 0) is 19.8 Å². The molecular weight excluding hydrogens is 559 g/mol. The summed E-state index contributed by atoms with van der Waals surface area (Å²) in [6.07, 6.45) is 0.285. The van der Waals surface area contributed by atoms with Gasteiger partial charge in [0, 0.05) is 34.2 Å². The zero-order valence-electron chi connectivity index (χ0n) is 23.2. The second-order valence-corrected chi connectivity index (χ2v) is 12.6. The summed E-state index contributed by atoms with van der Waals surface area (Å²) >= 11 is 12.5. The lowest BCUT2D eigenvalue weighted by Crippen LogP contribution is -2.38. The van der Waals surface area contributed by atoms with Gasteiger partial charge in [0.25, 0.3) is 0 Å². The zero-order valence-corrected chi connectivity index (χ0v) is 24.7. The van der Waals surface area contributed by atoms with Crippen molar-refractivity contribution in [3.8, 4) is 0 Å². The summed E-state index contributed by atoms with van der Waals surface area (Å²) < 4.78 is 0. The number of benzene rings is 3. The first kappa shape index (κ1) is 28.9. The molecule has 2 N–H and O–H groups in total. The van der Waals surface area contributed by atoms with E-state index in [1.807, 2.05) is 48.5 Å². The molecule has 6 nitrogen and oxygen atoms in total. The van der Waals surface area contributed by atoms with E-state index in [9.17, 15) is 19.5 Å². The van der Waals surface area contributed by atoms with Crippen LogP contribution in [0.3, 0.4) is 0 Å². The van der Waals surface area contributed by atoms with Crippen molar-refractivity contribution < 1.29 is 19.5 Å². The number of carboxylic acid groups (broad SMARTS) is 1. The number of allylic oxidation sites excluding steroid dienone is 1. The van der Waals surface area contributed by atoms with Gasteiger partial charge in [0.1, 0.15) is 0 Å². The number of nitrogens with zero attached hydrogens (tertiary/aromatic N) is 1. The quantitative estimate of drug-likeness (QED) is 0.314. The van der Waals surface area contributed by atoms with Crippen LogP contribution in [0, 0.1) is 0 Å². The maximum Gasteiger partial charge on any atom is 0.303 e. The van der Waals surface area contributed by atoms with E-state index in [-0.39, 0.29) is 42.3 Å². The predicted molar refractivity (Wildman–Crippen MR) is 163 cm³/mol. The van der Waals surface area contributed by atoms with Crippen LogP contribution in [0.25, 0.3) is 0 Å². The smallest absolute Gasteiger partial charge is 0.303 e. The molecular formula is C33H32Cl2N2O4. The van der Waals surface area contributed by atoms with Crippen LogP contribution in [-0.4, -0.2) is 22.8 Å². The first-order valence-electron chi connectivity index (χ1n) is 13.6. The van der Waals surface area contributed by atoms with Crippen molar-refractivity contribution in [3.05, 3.63) is 105 Å². The second-order valence-electron chi connectivity index (χ2n) is 11.7. The van der Waals surface area contributed by atoms with E-state index in [0.29, 0.717) is 33.4 Å². The van der Waals surface area contributed by atoms with Gasteiger partial charge < -0.3 is 10.4 Å². The Morgan fingerprint density at radius 3 is 2.17 bits per heavy atom. The summed E-state index contributed by atoms with van der Waals surface area (Å²) in [7, 11) is 0. The van der Waals surface area contributed by atoms with E-state index in [1.165, 1.54) is 0 Å². The third-order valence-corrected chi connectivity index (χ3v) is 8.29. The molecule has 8 heteroatoms. The summed E-state index contributed by atoms with van der Waals surface area (Å²) in [5.41, 5.74) is 5.19. The number of Topliss-reactive ketones (excluding diaryl/α,β-unsaturated/α-hetero) is 1. The highest BCUT2D eigenvalue weighted by Crippen LogP contribution is 2.48. The summed E-state index contributed by atoms with van der Waals surface area (Å²) in [5.74, 6) is -1.59. The SMILES string of the molecule is CC(C)(C)c1ccc([C@@H]2C3=C(C[C@H](c4ccc(Cl)cc4)CC3=O)Nc3cc(Cl)ccc3N2C(=O)CCC(=O)O)cc1. The number of nitrogens with one attached hydrogen (secondary N) is 1. The van der Waals surface area contributed by atoms with Crippen LogP contribution in [0.5, 0.6) is 0 Å². The van der Waals surface area contributed by atoms with Gasteiger partial charge in [0.05, 0.1) is 23.8 Å². The average Bonchev–Trinajstić information content (AvgIpc) is 3.06. The number of anilines is 2. The number of hydrogen-bond acceptors (Lipinski definition) is 4. The normalized spacial score (nSPS) is 18.8. The van der Waals surface area contributed by atoms with Crippen molar-refractivity contribution in [2.75, 3.05) is 10.2 Å². The lowest BCUT2D eigenvalue weighted by molar-refractivity contribution is -0.138. The first-order valence-corrected chi connectivity index (χ1v) is 14.4. The summed E-state index contributed by atoms with van der Waals surface area (Å²) in [6.45, 7) is 6.38. The fourth-order valence-electron chi connectivity index (χ4n) is 5.68. The molecule has 1 aliphatic carbocycles. The number of ketones is 1. The number of aliphatic carboxylic acids is 1. The van der Waals surface area contributed by atoms with Gasteiger partial charge in [-0.15, -0.1) is 0 Å². The van der Waals surface area contributed by atoms with Gasteiger partial charge in [-0.2, -0.15) is 0 Å². The van der Waals surface area contributed by atoms with E-state index in [0.717, 1.165) is 22.4 Å². The number of carboxylic acids is 1. The van der Waals surface area contributed by atoms with E-state index >= 15 is 0 Å². The number of hydrogen-bond donors (Lipinski definition) is 2. The third kappa shape index (κ3) is 6.04. The van der Waals surface area contributed by atoms with Crippen LogP contribution in [0.1, 0.15) is 75.1 Å². The minimum atomic E-state index is -1.06. The molecule has 1 heterocycles. The Hall–Kier alpha value is -3.61. The molecule has 5 rings (SSSR count). The van der Waals surface area contributed by atoms with Gasteiger partial charge in [0.15, 0.2) is 5.78 Å². The minimum Gasteiger partial charge on any atom is -0.481 e. The Bertz CT molecular complexity index is 1540. The Balaban J connectivity index is 1.70. The van der Waals surface area contributed by atoms with Crippen LogP contribution < -0.4 is 10.2 Å². The van der Waals surface area contributed by atoms with Gasteiger partial charge in [-0.3, -0.25) is 19.3 Å². The molecule has 1 amide bonds. The number of amides is 1. The molecule has 41 heavy (non-hydrogen) atoms. The van der Waals surface area contributed by atoms with Crippen molar-refractivity contribution in [1.29, 1.82) is 0 Å². The van der Waals surface area contributed by atoms with Gasteiger partial charge in [0.2, 0.25) is 5.91 Å². The molecule has 0 aromatic heterocycles. The Kier molecular flexibility index (Phi) is 8.00. The van der Waals surface area contributed by atoms with Crippen LogP contribution >= 0.6 is 23.2 Å². The van der Waals surface area contributed by atoms with Gasteiger partial charge in [-0.05, 0) is 64.8 Å². The maximum atomic E-state index is 14.1. The fraction of sp³-hybridized carbons (Fsp3) is 0.303. The largest absolute Gasteiger partial charge is 0.481 e. The molecule has 2 atom stereocenters. The fourth-order valence-corrected chi connectivity index (χ4v) is 5.98. The molecule has 0 radical (unpaired) electrons. The highest BCUT2D eigenvalue weighted by atomic mass is 35.5. The van der Waals surface area contributed by atoms with E-state index in [2.05, 4.69) is 26.1 Å². The molecule has 1 aliphatic heterocycles. The second kappa shape index (κ2) is 11.3. The highest BCUT2D eigenvalue weighted by Gasteiger charge is 2.41. The van der Waals surface area contributed by atoms with Crippen molar-refractivity contribution in [3.63, 3.8) is 0 Å². The summed E-state index contributed by atoms with van der Waals surface area (Å²) in [5, 5.41) is 13.9. The standard InChI is InChI=1S/C33H32Cl2N2O4/c1-33(2,3)22-8-4-20(5-9-22)32-31-26(16-21(17-28(31)38)19-6-10-23(34)11-7-19)36-25-18-24(35)12-13-27(25)37(32)29(39)14-15-30(40)41/h4-13,18,21,32,36H,14-17H2,1-3H3,(H,40,41)/t21-,32+/m0/s1. The highest BCUT2D eigenvalue weighted by molar-refractivity contribution is 6.31.